The normalized spacial score (nSPS) is 10.4. The summed E-state index contributed by atoms with van der Waals surface area (Å²) in [6.45, 7) is 4.38. The molecule has 0 aromatic heterocycles. The van der Waals surface area contributed by atoms with Crippen molar-refractivity contribution in [2.24, 2.45) is 0 Å². The van der Waals surface area contributed by atoms with E-state index >= 15 is 0 Å². The van der Waals surface area contributed by atoms with Gasteiger partial charge in [0.25, 0.3) is 0 Å². The molecule has 0 aliphatic heterocycles. The lowest BCUT2D eigenvalue weighted by Crippen LogP contribution is -2.09. The molecule has 116 valence electrons. The van der Waals surface area contributed by atoms with Crippen LogP contribution in [0.5, 0.6) is 11.5 Å². The van der Waals surface area contributed by atoms with Gasteiger partial charge in [-0.1, -0.05) is 53.0 Å². The highest BCUT2D eigenvalue weighted by Gasteiger charge is 2.06. The molecule has 2 nitrogen and oxygen atoms in total. The Hall–Kier alpha value is -1.06. The first-order valence-electron chi connectivity index (χ1n) is 6.28. The van der Waals surface area contributed by atoms with Gasteiger partial charge < -0.3 is 9.47 Å². The van der Waals surface area contributed by atoms with Gasteiger partial charge in [0.15, 0.2) is 0 Å². The predicted octanol–water partition coefficient (Wildman–Crippen LogP) is 6.31. The lowest BCUT2D eigenvalue weighted by Gasteiger charge is -2.12. The summed E-state index contributed by atoms with van der Waals surface area (Å²) in [7, 11) is 0. The first kappa shape index (κ1) is 17.3. The highest BCUT2D eigenvalue weighted by atomic mass is 35.5. The predicted molar refractivity (Wildman–Crippen MR) is 93.1 cm³/mol. The van der Waals surface area contributed by atoms with Crippen molar-refractivity contribution in [1.29, 1.82) is 0 Å². The highest BCUT2D eigenvalue weighted by molar-refractivity contribution is 6.34. The van der Waals surface area contributed by atoms with Crippen molar-refractivity contribution in [3.8, 4) is 11.5 Å². The van der Waals surface area contributed by atoms with Crippen molar-refractivity contribution in [3.05, 3.63) is 68.6 Å². The summed E-state index contributed by atoms with van der Waals surface area (Å²) < 4.78 is 11.1. The van der Waals surface area contributed by atoms with E-state index in [1.165, 1.54) is 0 Å². The Bertz CT molecular complexity index is 628. The van der Waals surface area contributed by atoms with Gasteiger partial charge >= 0.3 is 0 Å². The Kier molecular flexibility index (Phi) is 6.27. The second-order valence-electron chi connectivity index (χ2n) is 4.48. The molecule has 22 heavy (non-hydrogen) atoms. The van der Waals surface area contributed by atoms with Gasteiger partial charge in [-0.3, -0.25) is 0 Å². The van der Waals surface area contributed by atoms with Crippen molar-refractivity contribution in [3.63, 3.8) is 0 Å². The molecule has 2 aromatic carbocycles. The maximum atomic E-state index is 6.01. The Balaban J connectivity index is 1.88. The molecule has 0 radical (unpaired) electrons. The Labute approximate surface area is 149 Å². The number of rotatable bonds is 6. The van der Waals surface area contributed by atoms with Crippen LogP contribution in [0.2, 0.25) is 20.1 Å². The maximum absolute atomic E-state index is 6.01. The van der Waals surface area contributed by atoms with Crippen molar-refractivity contribution in [2.45, 2.75) is 0 Å². The van der Waals surface area contributed by atoms with Gasteiger partial charge in [-0.25, -0.2) is 0 Å². The second-order valence-corrected chi connectivity index (χ2v) is 6.16. The molecule has 6 heteroatoms. The molecule has 0 spiro atoms. The van der Waals surface area contributed by atoms with Crippen molar-refractivity contribution < 1.29 is 9.47 Å². The molecule has 0 unspecified atom stereocenters. The lowest BCUT2D eigenvalue weighted by molar-refractivity contribution is 0.302. The summed E-state index contributed by atoms with van der Waals surface area (Å²) in [5.41, 5.74) is 0.715. The zero-order valence-electron chi connectivity index (χ0n) is 11.4. The van der Waals surface area contributed by atoms with Crippen LogP contribution in [0.3, 0.4) is 0 Å². The number of hydrogen-bond acceptors (Lipinski definition) is 2. The number of halogens is 4. The van der Waals surface area contributed by atoms with E-state index in [4.69, 9.17) is 55.9 Å². The quantitative estimate of drug-likeness (QED) is 0.548. The first-order valence-corrected chi connectivity index (χ1v) is 7.79. The average Bonchev–Trinajstić information content (AvgIpc) is 2.49. The molecule has 0 saturated heterocycles. The fourth-order valence-corrected chi connectivity index (χ4v) is 2.25. The third kappa shape index (κ3) is 4.99. The molecular formula is C16H12Cl4O2. The van der Waals surface area contributed by atoms with Crippen molar-refractivity contribution in [2.75, 3.05) is 13.2 Å². The molecule has 0 saturated carbocycles. The van der Waals surface area contributed by atoms with E-state index in [0.717, 1.165) is 0 Å². The van der Waals surface area contributed by atoms with E-state index in [2.05, 4.69) is 6.58 Å². The molecule has 0 fully saturated rings. The van der Waals surface area contributed by atoms with Crippen LogP contribution in [0.15, 0.2) is 48.6 Å². The van der Waals surface area contributed by atoms with Crippen LogP contribution < -0.4 is 9.47 Å². The molecule has 0 bridgehead atoms. The zero-order valence-corrected chi connectivity index (χ0v) is 14.4. The van der Waals surface area contributed by atoms with Gasteiger partial charge in [0, 0.05) is 22.2 Å². The summed E-state index contributed by atoms with van der Waals surface area (Å²) in [5, 5.41) is 2.06. The summed E-state index contributed by atoms with van der Waals surface area (Å²) >= 11 is 23.8. The van der Waals surface area contributed by atoms with E-state index < -0.39 is 0 Å². The van der Waals surface area contributed by atoms with E-state index in [-0.39, 0.29) is 13.2 Å². The van der Waals surface area contributed by atoms with Crippen LogP contribution in [0.25, 0.3) is 0 Å². The van der Waals surface area contributed by atoms with Crippen LogP contribution in [-0.4, -0.2) is 13.2 Å². The minimum Gasteiger partial charge on any atom is -0.488 e. The molecule has 2 rings (SSSR count). The van der Waals surface area contributed by atoms with Gasteiger partial charge in [0.1, 0.15) is 24.7 Å². The summed E-state index contributed by atoms with van der Waals surface area (Å²) in [4.78, 5) is 0. The molecule has 0 amide bonds. The van der Waals surface area contributed by atoms with E-state index in [9.17, 15) is 0 Å². The zero-order chi connectivity index (χ0) is 16.1. The first-order chi connectivity index (χ1) is 10.5. The van der Waals surface area contributed by atoms with Crippen molar-refractivity contribution >= 4 is 46.4 Å². The highest BCUT2D eigenvalue weighted by Crippen LogP contribution is 2.29. The second kappa shape index (κ2) is 7.98. The molecule has 0 heterocycles. The van der Waals surface area contributed by atoms with E-state index in [1.807, 2.05) is 0 Å². The van der Waals surface area contributed by atoms with Gasteiger partial charge in [0.2, 0.25) is 0 Å². The molecule has 0 aliphatic carbocycles. The van der Waals surface area contributed by atoms with Gasteiger partial charge in [-0.2, -0.15) is 0 Å². The minimum absolute atomic E-state index is 0.248. The lowest BCUT2D eigenvalue weighted by atomic mass is 10.3. The third-order valence-corrected chi connectivity index (χ3v) is 3.74. The molecule has 2 aromatic rings. The molecule has 0 N–H and O–H groups in total. The van der Waals surface area contributed by atoms with Crippen LogP contribution in [0.4, 0.5) is 0 Å². The van der Waals surface area contributed by atoms with Crippen LogP contribution in [-0.2, 0) is 0 Å². The topological polar surface area (TPSA) is 18.5 Å². The third-order valence-electron chi connectivity index (χ3n) is 2.65. The van der Waals surface area contributed by atoms with Gasteiger partial charge in [-0.05, 0) is 29.8 Å². The van der Waals surface area contributed by atoms with Crippen LogP contribution in [0.1, 0.15) is 0 Å². The Morgan fingerprint density at radius 1 is 0.773 bits per heavy atom. The molecular weight excluding hydrogens is 366 g/mol. The number of ether oxygens (including phenoxy) is 2. The van der Waals surface area contributed by atoms with E-state index in [0.29, 0.717) is 37.2 Å². The smallest absolute Gasteiger partial charge is 0.139 e. The van der Waals surface area contributed by atoms with Crippen LogP contribution >= 0.6 is 46.4 Å². The summed E-state index contributed by atoms with van der Waals surface area (Å²) in [6.07, 6.45) is 0. The fourth-order valence-electron chi connectivity index (χ4n) is 1.58. The fraction of sp³-hybridized carbons (Fsp3) is 0.125. The maximum Gasteiger partial charge on any atom is 0.139 e. The number of benzene rings is 2. The van der Waals surface area contributed by atoms with Gasteiger partial charge in [0.05, 0.1) is 10.0 Å². The van der Waals surface area contributed by atoms with Gasteiger partial charge in [-0.15, -0.1) is 0 Å². The molecule has 0 aliphatic rings. The summed E-state index contributed by atoms with van der Waals surface area (Å²) in [5.74, 6) is 0.993. The monoisotopic (exact) mass is 376 g/mol. The van der Waals surface area contributed by atoms with Crippen molar-refractivity contribution in [1.82, 2.24) is 0 Å². The largest absolute Gasteiger partial charge is 0.488 e. The molecule has 0 atom stereocenters. The van der Waals surface area contributed by atoms with Crippen LogP contribution in [0, 0.1) is 0 Å². The average molecular weight is 378 g/mol. The standard InChI is InChI=1S/C16H12Cl4O2/c1-10(8-21-15-6-11(17)2-4-13(15)19)9-22-16-7-12(18)3-5-14(16)20/h2-7H,1,8-9H2. The van der Waals surface area contributed by atoms with E-state index in [1.54, 1.807) is 36.4 Å². The minimum atomic E-state index is 0.248. The SMILES string of the molecule is C=C(COc1cc(Cl)ccc1Cl)COc1cc(Cl)ccc1Cl. The number of hydrogen-bond donors (Lipinski definition) is 0. The Morgan fingerprint density at radius 3 is 1.59 bits per heavy atom. The summed E-state index contributed by atoms with van der Waals surface area (Å²) in [6, 6.07) is 10.0. The Morgan fingerprint density at radius 2 is 1.18 bits per heavy atom.